The highest BCUT2D eigenvalue weighted by Gasteiger charge is 2.20. The molecule has 6 heteroatoms. The lowest BCUT2D eigenvalue weighted by atomic mass is 10.1. The molecule has 1 fully saturated rings. The number of ether oxygens (including phenoxy) is 3. The maximum absolute atomic E-state index is 12.0. The van der Waals surface area contributed by atoms with E-state index in [1.807, 2.05) is 32.9 Å². The SMILES string of the molecule is COc1ccc(OC2CCNCC2)c(NC(=O)OC(C)(C)C)c1. The highest BCUT2D eigenvalue weighted by atomic mass is 16.6. The number of hydrogen-bond donors (Lipinski definition) is 2. The minimum Gasteiger partial charge on any atom is -0.497 e. The summed E-state index contributed by atoms with van der Waals surface area (Å²) in [6.07, 6.45) is 1.51. The summed E-state index contributed by atoms with van der Waals surface area (Å²) in [6, 6.07) is 5.37. The van der Waals surface area contributed by atoms with Gasteiger partial charge in [-0.15, -0.1) is 0 Å². The molecule has 2 N–H and O–H groups in total. The first-order chi connectivity index (χ1) is 10.9. The summed E-state index contributed by atoms with van der Waals surface area (Å²) >= 11 is 0. The molecule has 0 aromatic heterocycles. The number of carbonyl (C=O) groups is 1. The van der Waals surface area contributed by atoms with Gasteiger partial charge in [-0.1, -0.05) is 0 Å². The number of benzene rings is 1. The fourth-order valence-electron chi connectivity index (χ4n) is 2.34. The Bertz CT molecular complexity index is 534. The molecule has 2 rings (SSSR count). The smallest absolute Gasteiger partial charge is 0.412 e. The third-order valence-electron chi connectivity index (χ3n) is 3.40. The van der Waals surface area contributed by atoms with Crippen molar-refractivity contribution >= 4 is 11.8 Å². The normalized spacial score (nSPS) is 15.8. The van der Waals surface area contributed by atoms with Gasteiger partial charge >= 0.3 is 6.09 Å². The Labute approximate surface area is 137 Å². The molecular weight excluding hydrogens is 296 g/mol. The molecule has 0 radical (unpaired) electrons. The van der Waals surface area contributed by atoms with E-state index in [1.165, 1.54) is 0 Å². The van der Waals surface area contributed by atoms with Crippen molar-refractivity contribution in [2.75, 3.05) is 25.5 Å². The fourth-order valence-corrected chi connectivity index (χ4v) is 2.34. The Morgan fingerprint density at radius 1 is 1.26 bits per heavy atom. The van der Waals surface area contributed by atoms with E-state index in [9.17, 15) is 4.79 Å². The lowest BCUT2D eigenvalue weighted by molar-refractivity contribution is 0.0634. The summed E-state index contributed by atoms with van der Waals surface area (Å²) in [4.78, 5) is 12.0. The van der Waals surface area contributed by atoms with Gasteiger partial charge in [0.15, 0.2) is 0 Å². The lowest BCUT2D eigenvalue weighted by Gasteiger charge is -2.25. The summed E-state index contributed by atoms with van der Waals surface area (Å²) in [6.45, 7) is 7.35. The molecule has 0 bridgehead atoms. The van der Waals surface area contributed by atoms with Gasteiger partial charge in [-0.2, -0.15) is 0 Å². The standard InChI is InChI=1S/C17H26N2O4/c1-17(2,3)23-16(20)19-14-11-13(21-4)5-6-15(14)22-12-7-9-18-10-8-12/h5-6,11-12,18H,7-10H2,1-4H3,(H,19,20). The van der Waals surface area contributed by atoms with E-state index in [2.05, 4.69) is 10.6 Å². The Hall–Kier alpha value is -1.95. The number of methoxy groups -OCH3 is 1. The molecular formula is C17H26N2O4. The Balaban J connectivity index is 2.12. The average Bonchev–Trinajstić information content (AvgIpc) is 2.48. The molecule has 1 heterocycles. The molecule has 0 unspecified atom stereocenters. The summed E-state index contributed by atoms with van der Waals surface area (Å²) in [7, 11) is 1.58. The summed E-state index contributed by atoms with van der Waals surface area (Å²) in [5.41, 5.74) is -0.00364. The van der Waals surface area contributed by atoms with Crippen LogP contribution in [0.2, 0.25) is 0 Å². The average molecular weight is 322 g/mol. The van der Waals surface area contributed by atoms with Gasteiger partial charge in [0, 0.05) is 6.07 Å². The summed E-state index contributed by atoms with van der Waals surface area (Å²) in [5, 5.41) is 6.05. The number of rotatable bonds is 4. The van der Waals surface area contributed by atoms with Crippen molar-refractivity contribution in [2.24, 2.45) is 0 Å². The first-order valence-electron chi connectivity index (χ1n) is 7.93. The molecule has 1 aromatic carbocycles. The van der Waals surface area contributed by atoms with Crippen molar-refractivity contribution in [3.63, 3.8) is 0 Å². The van der Waals surface area contributed by atoms with E-state index in [0.29, 0.717) is 17.2 Å². The van der Waals surface area contributed by atoms with Crippen molar-refractivity contribution < 1.29 is 19.0 Å². The molecule has 1 saturated heterocycles. The summed E-state index contributed by atoms with van der Waals surface area (Å²) in [5.74, 6) is 1.28. The number of nitrogens with one attached hydrogen (secondary N) is 2. The van der Waals surface area contributed by atoms with Gasteiger partial charge in [0.2, 0.25) is 0 Å². The maximum atomic E-state index is 12.0. The van der Waals surface area contributed by atoms with Crippen LogP contribution in [0.4, 0.5) is 10.5 Å². The van der Waals surface area contributed by atoms with Gasteiger partial charge in [0.05, 0.1) is 12.8 Å². The lowest BCUT2D eigenvalue weighted by Crippen LogP contribution is -2.34. The molecule has 6 nitrogen and oxygen atoms in total. The van der Waals surface area contributed by atoms with Crippen LogP contribution in [0, 0.1) is 0 Å². The van der Waals surface area contributed by atoms with Crippen LogP contribution in [0.5, 0.6) is 11.5 Å². The van der Waals surface area contributed by atoms with Crippen molar-refractivity contribution in [3.8, 4) is 11.5 Å². The largest absolute Gasteiger partial charge is 0.497 e. The third kappa shape index (κ3) is 5.63. The van der Waals surface area contributed by atoms with Gasteiger partial charge in [-0.3, -0.25) is 5.32 Å². The molecule has 1 aliphatic rings. The van der Waals surface area contributed by atoms with Crippen molar-refractivity contribution in [1.82, 2.24) is 5.32 Å². The van der Waals surface area contributed by atoms with Crippen LogP contribution in [-0.4, -0.2) is 38.0 Å². The monoisotopic (exact) mass is 322 g/mol. The maximum Gasteiger partial charge on any atom is 0.412 e. The van der Waals surface area contributed by atoms with Gasteiger partial charge in [0.1, 0.15) is 23.2 Å². The Kier molecular flexibility index (Phi) is 5.71. The molecule has 1 aromatic rings. The number of carbonyl (C=O) groups excluding carboxylic acids is 1. The van der Waals surface area contributed by atoms with Crippen LogP contribution in [0.1, 0.15) is 33.6 Å². The molecule has 128 valence electrons. The van der Waals surface area contributed by atoms with E-state index in [1.54, 1.807) is 13.2 Å². The van der Waals surface area contributed by atoms with Crippen LogP contribution in [0.15, 0.2) is 18.2 Å². The molecule has 0 saturated carbocycles. The van der Waals surface area contributed by atoms with Crippen molar-refractivity contribution in [2.45, 2.75) is 45.3 Å². The van der Waals surface area contributed by atoms with Gasteiger partial charge in [0.25, 0.3) is 0 Å². The molecule has 1 amide bonds. The van der Waals surface area contributed by atoms with Crippen LogP contribution in [0.3, 0.4) is 0 Å². The van der Waals surface area contributed by atoms with Crippen molar-refractivity contribution in [3.05, 3.63) is 18.2 Å². The van der Waals surface area contributed by atoms with Crippen LogP contribution >= 0.6 is 0 Å². The highest BCUT2D eigenvalue weighted by molar-refractivity contribution is 5.87. The highest BCUT2D eigenvalue weighted by Crippen LogP contribution is 2.31. The quantitative estimate of drug-likeness (QED) is 0.891. The molecule has 1 aliphatic heterocycles. The van der Waals surface area contributed by atoms with E-state index >= 15 is 0 Å². The second-order valence-corrected chi connectivity index (χ2v) is 6.56. The van der Waals surface area contributed by atoms with E-state index < -0.39 is 11.7 Å². The number of piperidine rings is 1. The zero-order valence-corrected chi connectivity index (χ0v) is 14.3. The topological polar surface area (TPSA) is 68.8 Å². The number of hydrogen-bond acceptors (Lipinski definition) is 5. The van der Waals surface area contributed by atoms with Gasteiger partial charge in [-0.25, -0.2) is 4.79 Å². The van der Waals surface area contributed by atoms with Crippen molar-refractivity contribution in [1.29, 1.82) is 0 Å². The molecule has 0 spiro atoms. The van der Waals surface area contributed by atoms with E-state index in [-0.39, 0.29) is 6.10 Å². The predicted molar refractivity (Wildman–Crippen MR) is 89.4 cm³/mol. The summed E-state index contributed by atoms with van der Waals surface area (Å²) < 4.78 is 16.6. The minimum atomic E-state index is -0.557. The van der Waals surface area contributed by atoms with E-state index in [4.69, 9.17) is 14.2 Å². The first kappa shape index (κ1) is 17.4. The van der Waals surface area contributed by atoms with E-state index in [0.717, 1.165) is 25.9 Å². The number of anilines is 1. The first-order valence-corrected chi connectivity index (χ1v) is 7.93. The predicted octanol–water partition coefficient (Wildman–Crippen LogP) is 3.17. The third-order valence-corrected chi connectivity index (χ3v) is 3.40. The van der Waals surface area contributed by atoms with Crippen LogP contribution in [-0.2, 0) is 4.74 Å². The number of amides is 1. The van der Waals surface area contributed by atoms with Gasteiger partial charge in [-0.05, 0) is 58.8 Å². The second kappa shape index (κ2) is 7.55. The second-order valence-electron chi connectivity index (χ2n) is 6.56. The zero-order chi connectivity index (χ0) is 16.9. The molecule has 0 aliphatic carbocycles. The fraction of sp³-hybridized carbons (Fsp3) is 0.588. The Morgan fingerprint density at radius 2 is 1.96 bits per heavy atom. The Morgan fingerprint density at radius 3 is 2.57 bits per heavy atom. The minimum absolute atomic E-state index is 0.142. The molecule has 0 atom stereocenters. The molecule has 23 heavy (non-hydrogen) atoms. The van der Waals surface area contributed by atoms with Crippen LogP contribution in [0.25, 0.3) is 0 Å². The van der Waals surface area contributed by atoms with Gasteiger partial charge < -0.3 is 19.5 Å². The zero-order valence-electron chi connectivity index (χ0n) is 14.3. The van der Waals surface area contributed by atoms with Crippen LogP contribution < -0.4 is 20.1 Å².